The Kier molecular flexibility index (Phi) is 18.8. The maximum absolute atomic E-state index is 10.8. The molecule has 0 radical (unpaired) electrons. The molecule has 3 nitrogen and oxygen atoms in total. The molecule has 0 bridgehead atoms. The molecule has 3 heteroatoms. The van der Waals surface area contributed by atoms with Gasteiger partial charge in [0.25, 0.3) is 0 Å². The van der Waals surface area contributed by atoms with Crippen LogP contribution in [0.15, 0.2) is 116 Å². The van der Waals surface area contributed by atoms with Crippen molar-refractivity contribution in [1.82, 2.24) is 0 Å². The minimum atomic E-state index is -0.412. The van der Waals surface area contributed by atoms with Crippen LogP contribution in [0.3, 0.4) is 0 Å². The molecule has 0 aliphatic rings. The zero-order chi connectivity index (χ0) is 32.2. The summed E-state index contributed by atoms with van der Waals surface area (Å²) in [5, 5.41) is 19.7. The quantitative estimate of drug-likeness (QED) is 0.147. The van der Waals surface area contributed by atoms with Crippen LogP contribution >= 0.6 is 0 Å². The summed E-state index contributed by atoms with van der Waals surface area (Å²) in [7, 11) is 0. The average molecular weight is 585 g/mol. The lowest BCUT2D eigenvalue weighted by atomic mass is 9.85. The van der Waals surface area contributed by atoms with Crippen molar-refractivity contribution in [3.63, 3.8) is 0 Å². The molecule has 0 unspecified atom stereocenters. The van der Waals surface area contributed by atoms with Crippen molar-refractivity contribution in [2.24, 2.45) is 35.5 Å². The van der Waals surface area contributed by atoms with Crippen LogP contribution in [0.25, 0.3) is 0 Å². The average Bonchev–Trinajstić information content (AvgIpc) is 3.02. The van der Waals surface area contributed by atoms with Gasteiger partial charge in [0, 0.05) is 5.92 Å². The number of hydrogen-bond donors (Lipinski definition) is 2. The van der Waals surface area contributed by atoms with Gasteiger partial charge < -0.3 is 15.0 Å². The van der Waals surface area contributed by atoms with Gasteiger partial charge in [-0.15, -0.1) is 13.2 Å². The Morgan fingerprint density at radius 3 is 1.07 bits per heavy atom. The summed E-state index contributed by atoms with van der Waals surface area (Å²) >= 11 is 0. The molecule has 0 fully saturated rings. The van der Waals surface area contributed by atoms with E-state index in [-0.39, 0.29) is 17.8 Å². The number of carbonyl (C=O) groups excluding carboxylic acids is 1. The first kappa shape index (κ1) is 37.8. The van der Waals surface area contributed by atoms with Crippen LogP contribution in [0.2, 0.25) is 0 Å². The molecule has 2 N–H and O–H groups in total. The smallest absolute Gasteiger partial charge is 0.123 e. The molecule has 0 spiro atoms. The fraction of sp³-hybridized carbons (Fsp3) is 0.425. The van der Waals surface area contributed by atoms with Gasteiger partial charge in [-0.1, -0.05) is 145 Å². The van der Waals surface area contributed by atoms with E-state index < -0.39 is 12.2 Å². The third-order valence-corrected chi connectivity index (χ3v) is 8.05. The molecule has 0 aliphatic heterocycles. The van der Waals surface area contributed by atoms with E-state index >= 15 is 0 Å². The third-order valence-electron chi connectivity index (χ3n) is 8.05. The minimum absolute atomic E-state index is 0.155. The summed E-state index contributed by atoms with van der Waals surface area (Å²) in [6.45, 7) is 20.0. The van der Waals surface area contributed by atoms with Crippen LogP contribution in [-0.4, -0.2) is 28.7 Å². The zero-order valence-electron chi connectivity index (χ0n) is 27.3. The van der Waals surface area contributed by atoms with Crippen molar-refractivity contribution in [3.8, 4) is 0 Å². The van der Waals surface area contributed by atoms with Gasteiger partial charge in [-0.2, -0.15) is 0 Å². The van der Waals surface area contributed by atoms with Crippen molar-refractivity contribution in [2.75, 3.05) is 0 Å². The molecular weight excluding hydrogens is 528 g/mol. The molecule has 234 valence electrons. The second kappa shape index (κ2) is 21.4. The van der Waals surface area contributed by atoms with Gasteiger partial charge in [-0.25, -0.2) is 0 Å². The second-order valence-corrected chi connectivity index (χ2v) is 12.4. The monoisotopic (exact) mass is 584 g/mol. The molecule has 3 aromatic carbocycles. The van der Waals surface area contributed by atoms with E-state index in [9.17, 15) is 15.0 Å². The van der Waals surface area contributed by atoms with E-state index in [1.165, 1.54) is 16.7 Å². The number of aliphatic hydroxyl groups is 2. The Hall–Kier alpha value is -3.27. The van der Waals surface area contributed by atoms with Gasteiger partial charge >= 0.3 is 0 Å². The summed E-state index contributed by atoms with van der Waals surface area (Å²) < 4.78 is 0. The highest BCUT2D eigenvalue weighted by atomic mass is 16.3. The predicted octanol–water partition coefficient (Wildman–Crippen LogP) is 8.80. The minimum Gasteiger partial charge on any atom is -0.389 e. The van der Waals surface area contributed by atoms with Gasteiger partial charge in [0.2, 0.25) is 0 Å². The summed E-state index contributed by atoms with van der Waals surface area (Å²) in [6, 6.07) is 30.7. The maximum Gasteiger partial charge on any atom is 0.123 e. The number of aldehydes is 1. The van der Waals surface area contributed by atoms with E-state index in [1.807, 2.05) is 54.6 Å². The summed E-state index contributed by atoms with van der Waals surface area (Å²) in [4.78, 5) is 10.8. The van der Waals surface area contributed by atoms with E-state index in [0.717, 1.165) is 25.5 Å². The van der Waals surface area contributed by atoms with E-state index in [2.05, 4.69) is 91.1 Å². The molecule has 0 saturated carbocycles. The zero-order valence-corrected chi connectivity index (χ0v) is 27.3. The Labute approximate surface area is 262 Å². The highest BCUT2D eigenvalue weighted by molar-refractivity contribution is 5.54. The largest absolute Gasteiger partial charge is 0.389 e. The fourth-order valence-corrected chi connectivity index (χ4v) is 4.95. The maximum atomic E-state index is 10.8. The summed E-state index contributed by atoms with van der Waals surface area (Å²) in [5.74, 6) is 2.01. The van der Waals surface area contributed by atoms with Crippen LogP contribution in [0, 0.1) is 35.5 Å². The molecule has 3 aromatic rings. The van der Waals surface area contributed by atoms with Crippen molar-refractivity contribution < 1.29 is 15.0 Å². The van der Waals surface area contributed by atoms with Gasteiger partial charge in [-0.3, -0.25) is 0 Å². The number of aliphatic hydroxyl groups excluding tert-OH is 2. The number of hydrogen-bond acceptors (Lipinski definition) is 3. The first-order chi connectivity index (χ1) is 20.5. The van der Waals surface area contributed by atoms with Gasteiger partial charge in [-0.05, 0) is 65.5 Å². The van der Waals surface area contributed by atoms with Gasteiger partial charge in [0.05, 0.1) is 12.2 Å². The number of carbonyl (C=O) groups is 1. The highest BCUT2D eigenvalue weighted by Gasteiger charge is 2.21. The lowest BCUT2D eigenvalue weighted by Crippen LogP contribution is -2.25. The van der Waals surface area contributed by atoms with Crippen LogP contribution in [0.4, 0.5) is 0 Å². The van der Waals surface area contributed by atoms with E-state index in [0.29, 0.717) is 17.8 Å². The van der Waals surface area contributed by atoms with Crippen LogP contribution < -0.4 is 0 Å². The topological polar surface area (TPSA) is 57.5 Å². The molecule has 0 heterocycles. The fourth-order valence-electron chi connectivity index (χ4n) is 4.95. The molecule has 0 amide bonds. The molecule has 0 aliphatic carbocycles. The molecule has 3 rings (SSSR count). The Morgan fingerprint density at radius 1 is 0.535 bits per heavy atom. The predicted molar refractivity (Wildman–Crippen MR) is 184 cm³/mol. The van der Waals surface area contributed by atoms with Gasteiger partial charge in [0.15, 0.2) is 0 Å². The second-order valence-electron chi connectivity index (χ2n) is 12.4. The normalized spacial score (nSPS) is 14.3. The standard InChI is InChI=1S/2C14H20O.C12H16O/c2*1-4-14(15)13(11(2)3)10-12-8-6-5-7-9-12;1-10(2)12(9-13)8-11-6-4-3-5-7-11/h2*4-9,11,13-15H,1,10H2,2-3H3;3-7,9-10,12H,8H2,1-2H3/t13-,14+;13-,14-;12-/m001/s1. The van der Waals surface area contributed by atoms with E-state index in [4.69, 9.17) is 0 Å². The Balaban J connectivity index is 0.000000324. The first-order valence-electron chi connectivity index (χ1n) is 15.7. The van der Waals surface area contributed by atoms with Crippen LogP contribution in [0.5, 0.6) is 0 Å². The lowest BCUT2D eigenvalue weighted by Gasteiger charge is -2.24. The Morgan fingerprint density at radius 2 is 0.837 bits per heavy atom. The molecule has 0 aromatic heterocycles. The highest BCUT2D eigenvalue weighted by Crippen LogP contribution is 2.22. The third kappa shape index (κ3) is 15.1. The number of rotatable bonds is 14. The SMILES string of the molecule is C=C[C@@H](O)[C@@H](Cc1ccccc1)C(C)C.C=C[C@H](O)[C@@H](Cc1ccccc1)C(C)C.CC(C)[C@@H](C=O)Cc1ccccc1. The first-order valence-corrected chi connectivity index (χ1v) is 15.7. The van der Waals surface area contributed by atoms with Crippen molar-refractivity contribution in [1.29, 1.82) is 0 Å². The molecule has 5 atom stereocenters. The molecule has 0 saturated heterocycles. The van der Waals surface area contributed by atoms with E-state index in [1.54, 1.807) is 12.2 Å². The molecule has 43 heavy (non-hydrogen) atoms. The van der Waals surface area contributed by atoms with Gasteiger partial charge in [0.1, 0.15) is 6.29 Å². The lowest BCUT2D eigenvalue weighted by molar-refractivity contribution is -0.112. The van der Waals surface area contributed by atoms with Crippen molar-refractivity contribution in [3.05, 3.63) is 133 Å². The van der Waals surface area contributed by atoms with Crippen LogP contribution in [-0.2, 0) is 24.1 Å². The summed E-state index contributed by atoms with van der Waals surface area (Å²) in [6.07, 6.45) is 6.19. The Bertz CT molecular complexity index is 1060. The van der Waals surface area contributed by atoms with Crippen molar-refractivity contribution in [2.45, 2.75) is 73.0 Å². The van der Waals surface area contributed by atoms with Crippen LogP contribution in [0.1, 0.15) is 58.2 Å². The summed E-state index contributed by atoms with van der Waals surface area (Å²) in [5.41, 5.74) is 3.79. The molecular formula is C40H56O3. The van der Waals surface area contributed by atoms with Crippen molar-refractivity contribution >= 4 is 6.29 Å². The number of benzene rings is 3.